The van der Waals surface area contributed by atoms with Crippen LogP contribution in [0, 0.1) is 6.92 Å². The van der Waals surface area contributed by atoms with Crippen LogP contribution in [0.1, 0.15) is 14.5 Å². The lowest BCUT2D eigenvalue weighted by atomic mass is 10.3. The van der Waals surface area contributed by atoms with Gasteiger partial charge in [0, 0.05) is 11.1 Å². The van der Waals surface area contributed by atoms with Crippen LogP contribution in [-0.4, -0.2) is 15.3 Å². The number of hydrogen-bond donors (Lipinski definition) is 1. The molecule has 0 spiro atoms. The van der Waals surface area contributed by atoms with Crippen LogP contribution in [0.2, 0.25) is 5.02 Å². The molecule has 1 N–H and O–H groups in total. The van der Waals surface area contributed by atoms with E-state index in [4.69, 9.17) is 11.6 Å². The molecule has 2 rings (SSSR count). The van der Waals surface area contributed by atoms with E-state index in [1.54, 1.807) is 6.07 Å². The summed E-state index contributed by atoms with van der Waals surface area (Å²) in [6.45, 7) is 1.75. The van der Waals surface area contributed by atoms with Gasteiger partial charge in [-0.25, -0.2) is 4.79 Å². The maximum Gasteiger partial charge on any atom is 0.328 e. The largest absolute Gasteiger partial charge is 0.328 e. The molecule has 0 amide bonds. The van der Waals surface area contributed by atoms with Crippen molar-refractivity contribution in [2.75, 3.05) is 0 Å². The zero-order valence-electron chi connectivity index (χ0n) is 9.40. The van der Waals surface area contributed by atoms with E-state index in [0.29, 0.717) is 4.88 Å². The topological polar surface area (TPSA) is 71.9 Å². The number of Topliss-reactive ketones (excluding diaryl/α,β-unsaturated/α-hetero) is 1. The number of rotatable bonds is 3. The van der Waals surface area contributed by atoms with Crippen molar-refractivity contribution in [1.82, 2.24) is 9.55 Å². The molecule has 0 saturated heterocycles. The fourth-order valence-electron chi connectivity index (χ4n) is 1.42. The fraction of sp³-hybridized carbons (Fsp3) is 0.182. The molecule has 0 bridgehead atoms. The third-order valence-electron chi connectivity index (χ3n) is 2.30. The maximum atomic E-state index is 11.9. The third kappa shape index (κ3) is 2.60. The number of H-pyrrole nitrogens is 1. The Bertz CT molecular complexity index is 714. The molecule has 0 aliphatic rings. The van der Waals surface area contributed by atoms with Gasteiger partial charge in [-0.3, -0.25) is 19.1 Å². The quantitative estimate of drug-likeness (QED) is 0.867. The predicted molar refractivity (Wildman–Crippen MR) is 69.7 cm³/mol. The minimum atomic E-state index is -0.655. The normalized spacial score (nSPS) is 10.6. The second-order valence-corrected chi connectivity index (χ2v) is 5.39. The van der Waals surface area contributed by atoms with Gasteiger partial charge in [0.05, 0.1) is 11.4 Å². The van der Waals surface area contributed by atoms with Crippen molar-refractivity contribution in [2.45, 2.75) is 13.5 Å². The lowest BCUT2D eigenvalue weighted by Gasteiger charge is -2.03. The number of thiophene rings is 1. The van der Waals surface area contributed by atoms with E-state index in [1.165, 1.54) is 17.5 Å². The van der Waals surface area contributed by atoms with E-state index in [-0.39, 0.29) is 17.4 Å². The van der Waals surface area contributed by atoms with E-state index < -0.39 is 11.2 Å². The van der Waals surface area contributed by atoms with Gasteiger partial charge in [0.25, 0.3) is 5.56 Å². The van der Waals surface area contributed by atoms with E-state index in [1.807, 2.05) is 18.0 Å². The van der Waals surface area contributed by atoms with Gasteiger partial charge in [0.1, 0.15) is 5.02 Å². The molecule has 0 aromatic carbocycles. The van der Waals surface area contributed by atoms with E-state index in [9.17, 15) is 14.4 Å². The third-order valence-corrected chi connectivity index (χ3v) is 3.61. The number of halogens is 1. The van der Waals surface area contributed by atoms with Crippen molar-refractivity contribution >= 4 is 28.7 Å². The van der Waals surface area contributed by atoms with Crippen LogP contribution in [0.3, 0.4) is 0 Å². The van der Waals surface area contributed by atoms with Gasteiger partial charge in [-0.2, -0.15) is 0 Å². The molecule has 0 saturated carbocycles. The van der Waals surface area contributed by atoms with Crippen LogP contribution in [0.25, 0.3) is 0 Å². The van der Waals surface area contributed by atoms with Crippen LogP contribution in [-0.2, 0) is 6.54 Å². The van der Waals surface area contributed by atoms with Gasteiger partial charge in [0.2, 0.25) is 0 Å². The van der Waals surface area contributed by atoms with Crippen molar-refractivity contribution in [3.63, 3.8) is 0 Å². The molecule has 2 heterocycles. The van der Waals surface area contributed by atoms with Gasteiger partial charge < -0.3 is 0 Å². The summed E-state index contributed by atoms with van der Waals surface area (Å²) in [6.07, 6.45) is 1.17. The Labute approximate surface area is 111 Å². The van der Waals surface area contributed by atoms with Crippen molar-refractivity contribution in [2.24, 2.45) is 0 Å². The van der Waals surface area contributed by atoms with Crippen molar-refractivity contribution in [3.8, 4) is 0 Å². The highest BCUT2D eigenvalue weighted by atomic mass is 35.5. The Morgan fingerprint density at radius 2 is 2.17 bits per heavy atom. The summed E-state index contributed by atoms with van der Waals surface area (Å²) in [5.74, 6) is -0.196. The number of nitrogens with zero attached hydrogens (tertiary/aromatic N) is 1. The maximum absolute atomic E-state index is 11.9. The van der Waals surface area contributed by atoms with Gasteiger partial charge in [-0.1, -0.05) is 11.6 Å². The number of aromatic nitrogens is 2. The molecule has 0 atom stereocenters. The summed E-state index contributed by atoms with van der Waals surface area (Å²) in [4.78, 5) is 38.1. The number of hydrogen-bond acceptors (Lipinski definition) is 4. The van der Waals surface area contributed by atoms with Crippen LogP contribution in [0.5, 0.6) is 0 Å². The highest BCUT2D eigenvalue weighted by Crippen LogP contribution is 2.16. The Morgan fingerprint density at radius 1 is 1.44 bits per heavy atom. The molecule has 0 radical (unpaired) electrons. The van der Waals surface area contributed by atoms with Crippen molar-refractivity contribution in [1.29, 1.82) is 0 Å². The summed E-state index contributed by atoms with van der Waals surface area (Å²) in [5.41, 5.74) is -1.30. The first-order chi connectivity index (χ1) is 8.47. The SMILES string of the molecule is Cc1ccc(C(=O)Cn2cc(Cl)c(=O)[nH]c2=O)s1. The molecule has 0 aliphatic carbocycles. The van der Waals surface area contributed by atoms with Crippen LogP contribution in [0.15, 0.2) is 27.9 Å². The molecular formula is C11H9ClN2O3S. The Hall–Kier alpha value is -1.66. The second-order valence-electron chi connectivity index (χ2n) is 3.70. The van der Waals surface area contributed by atoms with Crippen LogP contribution in [0.4, 0.5) is 0 Å². The number of aromatic amines is 1. The predicted octanol–water partition coefficient (Wildman–Crippen LogP) is 1.44. The minimum absolute atomic E-state index is 0.121. The molecular weight excluding hydrogens is 276 g/mol. The molecule has 5 nitrogen and oxygen atoms in total. The standard InChI is InChI=1S/C11H9ClN2O3S/c1-6-2-3-9(18-6)8(15)5-14-4-7(12)10(16)13-11(14)17/h2-4H,5H2,1H3,(H,13,16,17). The fourth-order valence-corrected chi connectivity index (χ4v) is 2.38. The number of carbonyl (C=O) groups is 1. The molecule has 2 aromatic heterocycles. The second kappa shape index (κ2) is 4.91. The summed E-state index contributed by atoms with van der Waals surface area (Å²) < 4.78 is 1.08. The minimum Gasteiger partial charge on any atom is -0.291 e. The first kappa shape index (κ1) is 12.8. The number of aryl methyl sites for hydroxylation is 1. The molecule has 0 fully saturated rings. The molecule has 0 aliphatic heterocycles. The Kier molecular flexibility index (Phi) is 3.49. The highest BCUT2D eigenvalue weighted by Gasteiger charge is 2.11. The average molecular weight is 285 g/mol. The van der Waals surface area contributed by atoms with Crippen molar-refractivity contribution in [3.05, 3.63) is 53.9 Å². The molecule has 18 heavy (non-hydrogen) atoms. The zero-order valence-corrected chi connectivity index (χ0v) is 11.0. The van der Waals surface area contributed by atoms with Gasteiger partial charge in [0.15, 0.2) is 5.78 Å². The summed E-state index contributed by atoms with van der Waals surface area (Å²) in [6, 6.07) is 3.54. The zero-order chi connectivity index (χ0) is 13.3. The monoisotopic (exact) mass is 284 g/mol. The number of ketones is 1. The van der Waals surface area contributed by atoms with Gasteiger partial charge in [-0.15, -0.1) is 11.3 Å². The molecule has 0 unspecified atom stereocenters. The van der Waals surface area contributed by atoms with Gasteiger partial charge in [-0.05, 0) is 19.1 Å². The molecule has 2 aromatic rings. The average Bonchev–Trinajstić information content (AvgIpc) is 2.73. The number of carbonyl (C=O) groups excluding carboxylic acids is 1. The van der Waals surface area contributed by atoms with E-state index in [0.717, 1.165) is 9.44 Å². The van der Waals surface area contributed by atoms with Crippen molar-refractivity contribution < 1.29 is 4.79 Å². The summed E-state index contributed by atoms with van der Waals surface area (Å²) >= 11 is 6.97. The Balaban J connectivity index is 2.30. The molecule has 7 heteroatoms. The molecule has 94 valence electrons. The van der Waals surface area contributed by atoms with E-state index >= 15 is 0 Å². The lowest BCUT2D eigenvalue weighted by molar-refractivity contribution is 0.0974. The van der Waals surface area contributed by atoms with Crippen LogP contribution >= 0.6 is 22.9 Å². The first-order valence-electron chi connectivity index (χ1n) is 5.06. The van der Waals surface area contributed by atoms with Crippen LogP contribution < -0.4 is 11.2 Å². The summed E-state index contributed by atoms with van der Waals surface area (Å²) in [7, 11) is 0. The first-order valence-corrected chi connectivity index (χ1v) is 6.26. The van der Waals surface area contributed by atoms with Gasteiger partial charge >= 0.3 is 5.69 Å². The highest BCUT2D eigenvalue weighted by molar-refractivity contribution is 7.14. The lowest BCUT2D eigenvalue weighted by Crippen LogP contribution is -2.31. The van der Waals surface area contributed by atoms with E-state index in [2.05, 4.69) is 0 Å². The Morgan fingerprint density at radius 3 is 2.78 bits per heavy atom. The summed E-state index contributed by atoms with van der Waals surface area (Å²) in [5, 5.41) is -0.121. The smallest absolute Gasteiger partial charge is 0.291 e. The number of nitrogens with one attached hydrogen (secondary N) is 1.